The molecule has 11 heavy (non-hydrogen) atoms. The first kappa shape index (κ1) is 10.2. The number of carbonyl (C=O) groups excluding carboxylic acids is 1. The van der Waals surface area contributed by atoms with Gasteiger partial charge in [-0.05, 0) is 13.3 Å². The van der Waals surface area contributed by atoms with Crippen molar-refractivity contribution in [2.24, 2.45) is 5.73 Å². The van der Waals surface area contributed by atoms with E-state index in [1.54, 1.807) is 6.08 Å². The molecule has 64 valence electrons. The van der Waals surface area contributed by atoms with Crippen molar-refractivity contribution in [3.05, 3.63) is 12.2 Å². The van der Waals surface area contributed by atoms with Crippen molar-refractivity contribution in [1.29, 1.82) is 0 Å². The van der Waals surface area contributed by atoms with Crippen LogP contribution in [0.1, 0.15) is 19.8 Å². The number of nitrogens with two attached hydrogens (primary N) is 1. The molecule has 0 aliphatic rings. The Labute approximate surface area is 67.2 Å². The Balaban J connectivity index is 3.37. The van der Waals surface area contributed by atoms with Crippen molar-refractivity contribution < 1.29 is 9.53 Å². The summed E-state index contributed by atoms with van der Waals surface area (Å²) < 4.78 is 4.44. The molecule has 0 rings (SSSR count). The van der Waals surface area contributed by atoms with Crippen LogP contribution in [0.5, 0.6) is 0 Å². The topological polar surface area (TPSA) is 52.3 Å². The normalized spacial score (nSPS) is 13.4. The fraction of sp³-hybridized carbons (Fsp3) is 0.625. The summed E-state index contributed by atoms with van der Waals surface area (Å²) in [6.45, 7) is 1.92. The molecule has 0 spiro atoms. The lowest BCUT2D eigenvalue weighted by atomic mass is 10.2. The van der Waals surface area contributed by atoms with Crippen LogP contribution in [0.4, 0.5) is 0 Å². The lowest BCUT2D eigenvalue weighted by molar-refractivity contribution is -0.139. The van der Waals surface area contributed by atoms with Crippen molar-refractivity contribution in [3.8, 4) is 0 Å². The molecule has 3 nitrogen and oxygen atoms in total. The van der Waals surface area contributed by atoms with Crippen LogP contribution in [0.2, 0.25) is 0 Å². The molecule has 0 aromatic rings. The van der Waals surface area contributed by atoms with Gasteiger partial charge in [-0.15, -0.1) is 0 Å². The van der Waals surface area contributed by atoms with Gasteiger partial charge >= 0.3 is 5.97 Å². The predicted molar refractivity (Wildman–Crippen MR) is 44.0 cm³/mol. The molecule has 1 atom stereocenters. The number of esters is 1. The molecule has 0 aromatic heterocycles. The van der Waals surface area contributed by atoms with Crippen LogP contribution in [0.3, 0.4) is 0 Å². The zero-order chi connectivity index (χ0) is 8.69. The molecule has 0 aliphatic heterocycles. The zero-order valence-corrected chi connectivity index (χ0v) is 7.04. The first-order valence-electron chi connectivity index (χ1n) is 3.64. The van der Waals surface area contributed by atoms with Gasteiger partial charge in [0, 0.05) is 6.04 Å². The van der Waals surface area contributed by atoms with Gasteiger partial charge in [-0.3, -0.25) is 4.79 Å². The Kier molecular flexibility index (Phi) is 5.47. The Hall–Kier alpha value is -0.830. The van der Waals surface area contributed by atoms with Crippen LogP contribution in [0, 0.1) is 0 Å². The van der Waals surface area contributed by atoms with Gasteiger partial charge in [0.25, 0.3) is 0 Å². The first-order valence-corrected chi connectivity index (χ1v) is 3.64. The summed E-state index contributed by atoms with van der Waals surface area (Å²) >= 11 is 0. The van der Waals surface area contributed by atoms with Crippen LogP contribution in [0.25, 0.3) is 0 Å². The van der Waals surface area contributed by atoms with Crippen LogP contribution in [0.15, 0.2) is 12.2 Å². The number of ether oxygens (including phenoxy) is 1. The van der Waals surface area contributed by atoms with E-state index in [9.17, 15) is 4.79 Å². The molecule has 0 bridgehead atoms. The van der Waals surface area contributed by atoms with E-state index in [4.69, 9.17) is 5.73 Å². The molecule has 0 heterocycles. The number of methoxy groups -OCH3 is 1. The Morgan fingerprint density at radius 3 is 2.73 bits per heavy atom. The van der Waals surface area contributed by atoms with Crippen molar-refractivity contribution in [3.63, 3.8) is 0 Å². The number of hydrogen-bond acceptors (Lipinski definition) is 3. The van der Waals surface area contributed by atoms with Crippen molar-refractivity contribution >= 4 is 5.97 Å². The summed E-state index contributed by atoms with van der Waals surface area (Å²) in [6.07, 6.45) is 4.80. The minimum atomic E-state index is -0.217. The molecule has 0 aliphatic carbocycles. The van der Waals surface area contributed by atoms with E-state index in [1.807, 2.05) is 13.0 Å². The molecule has 0 amide bonds. The minimum absolute atomic E-state index is 0.156. The molecule has 0 unspecified atom stereocenters. The smallest absolute Gasteiger partial charge is 0.309 e. The molecule has 0 fully saturated rings. The van der Waals surface area contributed by atoms with Crippen molar-refractivity contribution in [2.45, 2.75) is 25.8 Å². The average molecular weight is 157 g/mol. The average Bonchev–Trinajstić information content (AvgIpc) is 1.97. The second kappa shape index (κ2) is 5.92. The van der Waals surface area contributed by atoms with Gasteiger partial charge in [-0.25, -0.2) is 0 Å². The fourth-order valence-electron chi connectivity index (χ4n) is 0.574. The molecular formula is C8H15NO2. The molecule has 0 radical (unpaired) electrons. The highest BCUT2D eigenvalue weighted by Gasteiger charge is 1.93. The van der Waals surface area contributed by atoms with Gasteiger partial charge in [-0.2, -0.15) is 0 Å². The predicted octanol–water partition coefficient (Wildman–Crippen LogP) is 0.843. The molecule has 0 saturated carbocycles. The van der Waals surface area contributed by atoms with E-state index in [2.05, 4.69) is 4.74 Å². The fourth-order valence-corrected chi connectivity index (χ4v) is 0.574. The SMILES string of the molecule is COC(=O)C/C=C/C[C@H](C)N. The lowest BCUT2D eigenvalue weighted by Crippen LogP contribution is -2.12. The molecule has 0 saturated heterocycles. The Morgan fingerprint density at radius 2 is 2.27 bits per heavy atom. The van der Waals surface area contributed by atoms with Crippen molar-refractivity contribution in [1.82, 2.24) is 0 Å². The maximum absolute atomic E-state index is 10.6. The standard InChI is InChI=1S/C8H15NO2/c1-7(9)5-3-4-6-8(10)11-2/h3-4,7H,5-6,9H2,1-2H3/b4-3+/t7-/m0/s1. The summed E-state index contributed by atoms with van der Waals surface area (Å²) in [5.41, 5.74) is 5.47. The van der Waals surface area contributed by atoms with E-state index < -0.39 is 0 Å². The first-order chi connectivity index (χ1) is 5.16. The van der Waals surface area contributed by atoms with Gasteiger partial charge in [0.1, 0.15) is 0 Å². The van der Waals surface area contributed by atoms with E-state index >= 15 is 0 Å². The number of rotatable bonds is 4. The number of carbonyl (C=O) groups is 1. The van der Waals surface area contributed by atoms with Gasteiger partial charge in [0.15, 0.2) is 0 Å². The Bertz CT molecular complexity index is 141. The molecule has 0 aromatic carbocycles. The van der Waals surface area contributed by atoms with Gasteiger partial charge in [0.2, 0.25) is 0 Å². The third kappa shape index (κ3) is 7.06. The zero-order valence-electron chi connectivity index (χ0n) is 7.04. The van der Waals surface area contributed by atoms with Crippen LogP contribution in [-0.2, 0) is 9.53 Å². The monoisotopic (exact) mass is 157 g/mol. The van der Waals surface area contributed by atoms with Gasteiger partial charge in [-0.1, -0.05) is 12.2 Å². The minimum Gasteiger partial charge on any atom is -0.469 e. The molecule has 2 N–H and O–H groups in total. The quantitative estimate of drug-likeness (QED) is 0.486. The highest BCUT2D eigenvalue weighted by atomic mass is 16.5. The van der Waals surface area contributed by atoms with E-state index in [-0.39, 0.29) is 12.0 Å². The van der Waals surface area contributed by atoms with Gasteiger partial charge < -0.3 is 10.5 Å². The third-order valence-electron chi connectivity index (χ3n) is 1.19. The highest BCUT2D eigenvalue weighted by Crippen LogP contribution is 1.91. The van der Waals surface area contributed by atoms with Gasteiger partial charge in [0.05, 0.1) is 13.5 Å². The summed E-state index contributed by atoms with van der Waals surface area (Å²) in [5, 5.41) is 0. The summed E-state index contributed by atoms with van der Waals surface area (Å²) in [5.74, 6) is -0.217. The molecular weight excluding hydrogens is 142 g/mol. The summed E-state index contributed by atoms with van der Waals surface area (Å²) in [6, 6.07) is 0.156. The van der Waals surface area contributed by atoms with Crippen LogP contribution in [-0.4, -0.2) is 19.1 Å². The number of hydrogen-bond donors (Lipinski definition) is 1. The summed E-state index contributed by atoms with van der Waals surface area (Å²) in [7, 11) is 1.38. The second-order valence-electron chi connectivity index (χ2n) is 2.46. The third-order valence-corrected chi connectivity index (χ3v) is 1.19. The van der Waals surface area contributed by atoms with E-state index in [1.165, 1.54) is 7.11 Å². The van der Waals surface area contributed by atoms with Crippen molar-refractivity contribution in [2.75, 3.05) is 7.11 Å². The summed E-state index contributed by atoms with van der Waals surface area (Å²) in [4.78, 5) is 10.6. The lowest BCUT2D eigenvalue weighted by Gasteiger charge is -1.96. The maximum atomic E-state index is 10.6. The highest BCUT2D eigenvalue weighted by molar-refractivity contribution is 5.70. The van der Waals surface area contributed by atoms with E-state index in [0.717, 1.165) is 6.42 Å². The van der Waals surface area contributed by atoms with E-state index in [0.29, 0.717) is 6.42 Å². The van der Waals surface area contributed by atoms with Crippen LogP contribution < -0.4 is 5.73 Å². The second-order valence-corrected chi connectivity index (χ2v) is 2.46. The maximum Gasteiger partial charge on any atom is 0.309 e. The molecule has 3 heteroatoms. The Morgan fingerprint density at radius 1 is 1.64 bits per heavy atom. The van der Waals surface area contributed by atoms with Crippen LogP contribution >= 0.6 is 0 Å². The largest absolute Gasteiger partial charge is 0.469 e.